The highest BCUT2D eigenvalue weighted by molar-refractivity contribution is 6.08. The first-order valence-corrected chi connectivity index (χ1v) is 15.1. The number of hydrogen-bond acceptors (Lipinski definition) is 7. The zero-order chi connectivity index (χ0) is 34.1. The predicted octanol–water partition coefficient (Wildman–Crippen LogP) is 5.71. The van der Waals surface area contributed by atoms with E-state index in [2.05, 4.69) is 30.9 Å². The number of hydrogen-bond donors (Lipinski definition) is 4. The Morgan fingerprint density at radius 1 is 0.812 bits per heavy atom. The zero-order valence-electron chi connectivity index (χ0n) is 25.5. The summed E-state index contributed by atoms with van der Waals surface area (Å²) in [4.78, 5) is 52.5. The Balaban J connectivity index is 1.29. The number of aliphatic hydroxyl groups excluding tert-OH is 1. The number of unbranched alkanes of at least 4 members (excludes halogenated alkanes) is 2. The van der Waals surface area contributed by atoms with Gasteiger partial charge in [0.05, 0.1) is 28.0 Å². The van der Waals surface area contributed by atoms with Crippen molar-refractivity contribution >= 4 is 34.4 Å². The van der Waals surface area contributed by atoms with E-state index in [1.165, 1.54) is 30.6 Å². The van der Waals surface area contributed by atoms with Crippen LogP contribution in [0.3, 0.4) is 0 Å². The standard InChI is InChI=1S/C35H31F3N6O4/c36-35(37,38)25-13-9-22(10-14-25)30-26(7-6-19-40-30)33(47)43-29-16-12-23-21-24(11-15-27(23)42-29)32(46)44-31(28-8-2-4-17-39-28)34(48)41-18-3-1-5-20-45/h2,4,6-17,19,21,31,45H,1,3,5,18,20H2,(H,41,48)(H,44,46)(H,42,43,47)/t31-/m0/s1. The van der Waals surface area contributed by atoms with Crippen LogP contribution in [0, 0.1) is 0 Å². The lowest BCUT2D eigenvalue weighted by molar-refractivity contribution is -0.137. The van der Waals surface area contributed by atoms with Gasteiger partial charge >= 0.3 is 6.18 Å². The van der Waals surface area contributed by atoms with Crippen LogP contribution < -0.4 is 16.0 Å². The summed E-state index contributed by atoms with van der Waals surface area (Å²) in [5.41, 5.74) is 0.995. The van der Waals surface area contributed by atoms with Gasteiger partial charge in [-0.25, -0.2) is 4.98 Å². The van der Waals surface area contributed by atoms with Gasteiger partial charge in [0.25, 0.3) is 11.8 Å². The first kappa shape index (κ1) is 33.7. The molecule has 0 aliphatic rings. The van der Waals surface area contributed by atoms with Gasteiger partial charge in [-0.2, -0.15) is 13.2 Å². The van der Waals surface area contributed by atoms with Crippen molar-refractivity contribution < 1.29 is 32.7 Å². The average Bonchev–Trinajstić information content (AvgIpc) is 3.10. The van der Waals surface area contributed by atoms with Crippen molar-refractivity contribution in [3.05, 3.63) is 120 Å². The number of aromatic nitrogens is 3. The second-order valence-electron chi connectivity index (χ2n) is 10.8. The molecule has 10 nitrogen and oxygen atoms in total. The van der Waals surface area contributed by atoms with Crippen LogP contribution in [0.25, 0.3) is 22.2 Å². The van der Waals surface area contributed by atoms with Gasteiger partial charge in [0.1, 0.15) is 5.82 Å². The fourth-order valence-electron chi connectivity index (χ4n) is 4.92. The summed E-state index contributed by atoms with van der Waals surface area (Å²) in [6.45, 7) is 0.467. The Labute approximate surface area is 273 Å². The molecule has 0 saturated carbocycles. The highest BCUT2D eigenvalue weighted by Gasteiger charge is 2.30. The average molecular weight is 657 g/mol. The largest absolute Gasteiger partial charge is 0.416 e. The number of nitrogens with zero attached hydrogens (tertiary/aromatic N) is 3. The minimum atomic E-state index is -4.49. The molecule has 2 aromatic carbocycles. The maximum Gasteiger partial charge on any atom is 0.416 e. The summed E-state index contributed by atoms with van der Waals surface area (Å²) in [7, 11) is 0. The van der Waals surface area contributed by atoms with Crippen molar-refractivity contribution in [1.29, 1.82) is 0 Å². The number of carbonyl (C=O) groups excluding carboxylic acids is 3. The lowest BCUT2D eigenvalue weighted by Gasteiger charge is -2.18. The second kappa shape index (κ2) is 15.3. The molecule has 1 atom stereocenters. The number of rotatable bonds is 12. The monoisotopic (exact) mass is 656 g/mol. The van der Waals surface area contributed by atoms with Gasteiger partial charge in [0.2, 0.25) is 5.91 Å². The summed E-state index contributed by atoms with van der Waals surface area (Å²) in [5, 5.41) is 17.8. The molecule has 246 valence electrons. The van der Waals surface area contributed by atoms with Crippen molar-refractivity contribution in [3.63, 3.8) is 0 Å². The van der Waals surface area contributed by atoms with Crippen molar-refractivity contribution in [2.45, 2.75) is 31.5 Å². The van der Waals surface area contributed by atoms with Crippen LogP contribution in [-0.2, 0) is 11.0 Å². The number of halogens is 3. The number of alkyl halides is 3. The molecule has 0 aliphatic carbocycles. The van der Waals surface area contributed by atoms with E-state index in [4.69, 9.17) is 5.11 Å². The number of pyridine rings is 3. The number of aliphatic hydroxyl groups is 1. The van der Waals surface area contributed by atoms with E-state index < -0.39 is 35.5 Å². The summed E-state index contributed by atoms with van der Waals surface area (Å²) < 4.78 is 39.1. The number of anilines is 1. The third-order valence-electron chi connectivity index (χ3n) is 7.39. The molecular formula is C35H31F3N6O4. The second-order valence-corrected chi connectivity index (χ2v) is 10.8. The maximum atomic E-state index is 13.3. The van der Waals surface area contributed by atoms with Gasteiger partial charge in [-0.1, -0.05) is 18.2 Å². The number of carbonyl (C=O) groups is 3. The smallest absolute Gasteiger partial charge is 0.396 e. The topological polar surface area (TPSA) is 146 Å². The summed E-state index contributed by atoms with van der Waals surface area (Å²) in [5.74, 6) is -1.28. The van der Waals surface area contributed by atoms with E-state index in [-0.39, 0.29) is 29.2 Å². The van der Waals surface area contributed by atoms with Gasteiger partial charge in [-0.05, 0) is 86.0 Å². The molecule has 13 heteroatoms. The SMILES string of the molecule is O=C(N[C@H](C(=O)NCCCCCO)c1ccccn1)c1ccc2nc(NC(=O)c3cccnc3-c3ccc(C(F)(F)F)cc3)ccc2c1. The van der Waals surface area contributed by atoms with Gasteiger partial charge < -0.3 is 21.1 Å². The fourth-order valence-corrected chi connectivity index (χ4v) is 4.92. The molecule has 0 aliphatic heterocycles. The normalized spacial score (nSPS) is 11.9. The Bertz CT molecular complexity index is 1900. The van der Waals surface area contributed by atoms with Crippen molar-refractivity contribution in [3.8, 4) is 11.3 Å². The van der Waals surface area contributed by atoms with Crippen LogP contribution in [0.1, 0.15) is 57.3 Å². The molecule has 0 spiro atoms. The summed E-state index contributed by atoms with van der Waals surface area (Å²) in [6.07, 6.45) is 0.551. The van der Waals surface area contributed by atoms with Gasteiger partial charge in [0.15, 0.2) is 6.04 Å². The predicted molar refractivity (Wildman–Crippen MR) is 173 cm³/mol. The third-order valence-corrected chi connectivity index (χ3v) is 7.39. The molecule has 0 bridgehead atoms. The van der Waals surface area contributed by atoms with Crippen LogP contribution in [0.4, 0.5) is 19.0 Å². The zero-order valence-corrected chi connectivity index (χ0v) is 25.5. The van der Waals surface area contributed by atoms with Crippen molar-refractivity contribution in [2.75, 3.05) is 18.5 Å². The molecule has 3 heterocycles. The molecule has 0 radical (unpaired) electrons. The first-order chi connectivity index (χ1) is 23.1. The number of fused-ring (bicyclic) bond motifs is 1. The molecule has 0 saturated heterocycles. The van der Waals surface area contributed by atoms with Crippen molar-refractivity contribution in [1.82, 2.24) is 25.6 Å². The third kappa shape index (κ3) is 8.36. The molecule has 48 heavy (non-hydrogen) atoms. The van der Waals surface area contributed by atoms with E-state index >= 15 is 0 Å². The van der Waals surface area contributed by atoms with Gasteiger partial charge in [0, 0.05) is 42.1 Å². The van der Waals surface area contributed by atoms with Crippen LogP contribution in [0.5, 0.6) is 0 Å². The Kier molecular flexibility index (Phi) is 10.7. The molecule has 4 N–H and O–H groups in total. The van der Waals surface area contributed by atoms with E-state index in [1.54, 1.807) is 54.6 Å². The van der Waals surface area contributed by atoms with Crippen LogP contribution in [0.2, 0.25) is 0 Å². The minimum Gasteiger partial charge on any atom is -0.396 e. The molecular weight excluding hydrogens is 625 g/mol. The maximum absolute atomic E-state index is 13.3. The lowest BCUT2D eigenvalue weighted by atomic mass is 10.0. The number of amides is 3. The highest BCUT2D eigenvalue weighted by Crippen LogP contribution is 2.31. The van der Waals surface area contributed by atoms with E-state index in [9.17, 15) is 27.6 Å². The molecule has 3 amide bonds. The van der Waals surface area contributed by atoms with E-state index in [0.717, 1.165) is 18.6 Å². The number of benzene rings is 2. The van der Waals surface area contributed by atoms with Crippen LogP contribution in [0.15, 0.2) is 97.3 Å². The summed E-state index contributed by atoms with van der Waals surface area (Å²) >= 11 is 0. The van der Waals surface area contributed by atoms with Gasteiger partial charge in [-0.3, -0.25) is 24.4 Å². The quantitative estimate of drug-likeness (QED) is 0.126. The Morgan fingerprint density at radius 3 is 2.33 bits per heavy atom. The first-order valence-electron chi connectivity index (χ1n) is 15.1. The summed E-state index contributed by atoms with van der Waals surface area (Å²) in [6, 6.07) is 19.5. The Hall–Kier alpha value is -5.69. The molecule has 5 rings (SSSR count). The highest BCUT2D eigenvalue weighted by atomic mass is 19.4. The van der Waals surface area contributed by atoms with Crippen LogP contribution in [-0.4, -0.2) is 50.9 Å². The fraction of sp³-hybridized carbons (Fsp3) is 0.200. The molecule has 3 aromatic heterocycles. The minimum absolute atomic E-state index is 0.0820. The molecule has 0 fully saturated rings. The van der Waals surface area contributed by atoms with Crippen LogP contribution >= 0.6 is 0 Å². The van der Waals surface area contributed by atoms with Gasteiger partial charge in [-0.15, -0.1) is 0 Å². The molecule has 0 unspecified atom stereocenters. The molecule has 5 aromatic rings. The Morgan fingerprint density at radius 2 is 1.60 bits per heavy atom. The van der Waals surface area contributed by atoms with Crippen molar-refractivity contribution in [2.24, 2.45) is 0 Å². The number of nitrogens with one attached hydrogen (secondary N) is 3. The van der Waals surface area contributed by atoms with E-state index in [0.29, 0.717) is 41.5 Å². The lowest BCUT2D eigenvalue weighted by Crippen LogP contribution is -2.41. The van der Waals surface area contributed by atoms with E-state index in [1.807, 2.05) is 0 Å².